The quantitative estimate of drug-likeness (QED) is 0.745. The number of rotatable bonds is 3. The van der Waals surface area contributed by atoms with Crippen LogP contribution >= 0.6 is 23.7 Å². The molecule has 6 heteroatoms. The highest BCUT2D eigenvalue weighted by atomic mass is 35.5. The molecule has 1 saturated heterocycles. The molecule has 1 N–H and O–H groups in total. The van der Waals surface area contributed by atoms with E-state index in [9.17, 15) is 9.90 Å². The van der Waals surface area contributed by atoms with E-state index >= 15 is 0 Å². The summed E-state index contributed by atoms with van der Waals surface area (Å²) in [7, 11) is 2.17. The number of likely N-dealkylation sites (tertiary alicyclic amines) is 1. The van der Waals surface area contributed by atoms with Crippen LogP contribution < -0.4 is 4.74 Å². The Balaban J connectivity index is 0.00000225. The molecule has 150 valence electrons. The summed E-state index contributed by atoms with van der Waals surface area (Å²) in [6.07, 6.45) is 2.67. The van der Waals surface area contributed by atoms with Gasteiger partial charge in [-0.3, -0.25) is 4.79 Å². The lowest BCUT2D eigenvalue weighted by Gasteiger charge is -2.27. The second kappa shape index (κ2) is 8.68. The Morgan fingerprint density at radius 1 is 1.29 bits per heavy atom. The highest BCUT2D eigenvalue weighted by Crippen LogP contribution is 2.44. The number of benzene rings is 1. The molecule has 2 aliphatic rings. The minimum atomic E-state index is -0.766. The fourth-order valence-electron chi connectivity index (χ4n) is 4.07. The predicted octanol–water partition coefficient (Wildman–Crippen LogP) is 5.17. The normalized spacial score (nSPS) is 17.6. The summed E-state index contributed by atoms with van der Waals surface area (Å²) in [5, 5.41) is 11.7. The third-order valence-corrected chi connectivity index (χ3v) is 6.66. The van der Waals surface area contributed by atoms with E-state index in [1.54, 1.807) is 11.3 Å². The molecule has 0 bridgehead atoms. The summed E-state index contributed by atoms with van der Waals surface area (Å²) in [5.41, 5.74) is 5.89. The van der Waals surface area contributed by atoms with Crippen LogP contribution in [0.5, 0.6) is 5.75 Å². The standard InChI is InChI=1S/C22H25NO3S.ClH/c1-3-17(22(24)25)15-4-5-19-18(12-15)20(14-6-9-23(2)10-7-14)21-16(13-26-19)8-11-27-21;/h4-5,8,11-12,17H,3,6-7,9-10,13H2,1-2H3,(H,24,25);1H. The van der Waals surface area contributed by atoms with Crippen LogP contribution in [0.15, 0.2) is 35.2 Å². The van der Waals surface area contributed by atoms with Gasteiger partial charge in [0.15, 0.2) is 0 Å². The van der Waals surface area contributed by atoms with Gasteiger partial charge in [-0.2, -0.15) is 0 Å². The molecule has 0 amide bonds. The lowest BCUT2D eigenvalue weighted by atomic mass is 9.88. The van der Waals surface area contributed by atoms with E-state index < -0.39 is 11.9 Å². The minimum Gasteiger partial charge on any atom is -0.488 e. The lowest BCUT2D eigenvalue weighted by Crippen LogP contribution is -2.26. The summed E-state index contributed by atoms with van der Waals surface area (Å²) >= 11 is 1.76. The maximum absolute atomic E-state index is 11.7. The van der Waals surface area contributed by atoms with E-state index in [1.807, 2.05) is 19.1 Å². The number of fused-ring (bicyclic) bond motifs is 2. The zero-order valence-corrected chi connectivity index (χ0v) is 17.9. The number of hydrogen-bond donors (Lipinski definition) is 1. The van der Waals surface area contributed by atoms with Gasteiger partial charge in [0.05, 0.1) is 5.92 Å². The average molecular weight is 420 g/mol. The Hall–Kier alpha value is -1.82. The number of nitrogens with zero attached hydrogens (tertiary/aromatic N) is 1. The number of carbonyl (C=O) groups is 1. The van der Waals surface area contributed by atoms with Crippen molar-refractivity contribution in [3.8, 4) is 5.75 Å². The molecule has 3 heterocycles. The summed E-state index contributed by atoms with van der Waals surface area (Å²) in [5.74, 6) is -0.383. The van der Waals surface area contributed by atoms with Crippen molar-refractivity contribution in [1.29, 1.82) is 0 Å². The van der Waals surface area contributed by atoms with Crippen molar-refractivity contribution in [2.24, 2.45) is 0 Å². The number of hydrogen-bond acceptors (Lipinski definition) is 4. The van der Waals surface area contributed by atoms with Crippen LogP contribution in [0.2, 0.25) is 0 Å². The van der Waals surface area contributed by atoms with Crippen LogP contribution in [0, 0.1) is 0 Å². The van der Waals surface area contributed by atoms with E-state index in [-0.39, 0.29) is 12.4 Å². The van der Waals surface area contributed by atoms with Gasteiger partial charge in [-0.15, -0.1) is 23.7 Å². The van der Waals surface area contributed by atoms with Crippen LogP contribution in [0.1, 0.15) is 53.7 Å². The van der Waals surface area contributed by atoms with Crippen molar-refractivity contribution in [3.05, 3.63) is 56.8 Å². The zero-order valence-electron chi connectivity index (χ0n) is 16.2. The molecule has 1 aromatic carbocycles. The fourth-order valence-corrected chi connectivity index (χ4v) is 5.09. The first-order valence-electron chi connectivity index (χ1n) is 9.55. The Morgan fingerprint density at radius 3 is 2.71 bits per heavy atom. The van der Waals surface area contributed by atoms with Gasteiger partial charge in [-0.05, 0) is 55.5 Å². The van der Waals surface area contributed by atoms with Crippen molar-refractivity contribution in [1.82, 2.24) is 4.90 Å². The van der Waals surface area contributed by atoms with Gasteiger partial charge in [0.1, 0.15) is 12.4 Å². The average Bonchev–Trinajstić information content (AvgIpc) is 3.05. The molecule has 1 atom stereocenters. The second-order valence-corrected chi connectivity index (χ2v) is 8.32. The summed E-state index contributed by atoms with van der Waals surface area (Å²) in [4.78, 5) is 15.3. The van der Waals surface area contributed by atoms with Gasteiger partial charge in [0.25, 0.3) is 0 Å². The molecule has 4 nitrogen and oxygen atoms in total. The molecule has 0 saturated carbocycles. The molecule has 2 aliphatic heterocycles. The van der Waals surface area contributed by atoms with Crippen molar-refractivity contribution in [2.75, 3.05) is 20.1 Å². The lowest BCUT2D eigenvalue weighted by molar-refractivity contribution is -0.138. The Morgan fingerprint density at radius 2 is 2.04 bits per heavy atom. The number of carboxylic acids is 1. The van der Waals surface area contributed by atoms with Crippen molar-refractivity contribution in [2.45, 2.75) is 38.7 Å². The highest BCUT2D eigenvalue weighted by molar-refractivity contribution is 7.11. The number of ether oxygens (including phenoxy) is 1. The van der Waals surface area contributed by atoms with Crippen LogP contribution in [0.25, 0.3) is 5.57 Å². The van der Waals surface area contributed by atoms with Crippen LogP contribution in [-0.4, -0.2) is 36.1 Å². The highest BCUT2D eigenvalue weighted by Gasteiger charge is 2.27. The SMILES string of the molecule is CCC(C(=O)O)c1ccc2c(c1)C(=C1CCN(C)CC1)c1sccc1CO2.Cl. The Bertz CT molecular complexity index is 895. The zero-order chi connectivity index (χ0) is 19.0. The number of aliphatic carboxylic acids is 1. The van der Waals surface area contributed by atoms with Crippen molar-refractivity contribution >= 4 is 35.3 Å². The van der Waals surface area contributed by atoms with Gasteiger partial charge in [-0.25, -0.2) is 0 Å². The first-order valence-corrected chi connectivity index (χ1v) is 10.4. The largest absolute Gasteiger partial charge is 0.488 e. The van der Waals surface area contributed by atoms with Crippen LogP contribution in [0.3, 0.4) is 0 Å². The smallest absolute Gasteiger partial charge is 0.310 e. The molecule has 4 rings (SSSR count). The van der Waals surface area contributed by atoms with Gasteiger partial charge < -0.3 is 14.7 Å². The Labute approximate surface area is 176 Å². The molecule has 0 spiro atoms. The van der Waals surface area contributed by atoms with Gasteiger partial charge >= 0.3 is 5.97 Å². The molecule has 1 fully saturated rings. The third-order valence-electron chi connectivity index (χ3n) is 5.68. The number of carboxylic acid groups (broad SMARTS) is 1. The minimum absolute atomic E-state index is 0. The first kappa shape index (κ1) is 20.9. The van der Waals surface area contributed by atoms with E-state index in [1.165, 1.54) is 21.6 Å². The predicted molar refractivity (Wildman–Crippen MR) is 116 cm³/mol. The van der Waals surface area contributed by atoms with Crippen LogP contribution in [-0.2, 0) is 11.4 Å². The van der Waals surface area contributed by atoms with Gasteiger partial charge in [0.2, 0.25) is 0 Å². The topological polar surface area (TPSA) is 49.8 Å². The Kier molecular flexibility index (Phi) is 6.48. The summed E-state index contributed by atoms with van der Waals surface area (Å²) in [6.45, 7) is 4.61. The van der Waals surface area contributed by atoms with E-state index in [0.29, 0.717) is 13.0 Å². The maximum atomic E-state index is 11.7. The molecular formula is C22H26ClNO3S. The maximum Gasteiger partial charge on any atom is 0.310 e. The number of halogens is 1. The molecule has 28 heavy (non-hydrogen) atoms. The fraction of sp³-hybridized carbons (Fsp3) is 0.409. The summed E-state index contributed by atoms with van der Waals surface area (Å²) in [6, 6.07) is 8.08. The van der Waals surface area contributed by atoms with Gasteiger partial charge in [-0.1, -0.05) is 18.6 Å². The third kappa shape index (κ3) is 3.84. The van der Waals surface area contributed by atoms with Crippen molar-refractivity contribution < 1.29 is 14.6 Å². The molecule has 0 aliphatic carbocycles. The van der Waals surface area contributed by atoms with Crippen LogP contribution in [0.4, 0.5) is 0 Å². The number of thiophene rings is 1. The van der Waals surface area contributed by atoms with E-state index in [0.717, 1.165) is 42.8 Å². The van der Waals surface area contributed by atoms with E-state index in [2.05, 4.69) is 29.5 Å². The first-order chi connectivity index (χ1) is 13.1. The molecule has 1 aromatic heterocycles. The molecule has 2 aromatic rings. The molecular weight excluding hydrogens is 394 g/mol. The monoisotopic (exact) mass is 419 g/mol. The molecule has 1 unspecified atom stereocenters. The molecule has 0 radical (unpaired) electrons. The second-order valence-electron chi connectivity index (χ2n) is 7.40. The van der Waals surface area contributed by atoms with E-state index in [4.69, 9.17) is 4.74 Å². The van der Waals surface area contributed by atoms with Gasteiger partial charge in [0, 0.05) is 34.7 Å². The number of piperidine rings is 1. The summed E-state index contributed by atoms with van der Waals surface area (Å²) < 4.78 is 6.12. The van der Waals surface area contributed by atoms with Crippen molar-refractivity contribution in [3.63, 3.8) is 0 Å².